The third kappa shape index (κ3) is 4.88. The Kier molecular flexibility index (Phi) is 6.44. The van der Waals surface area contributed by atoms with Crippen molar-refractivity contribution < 1.29 is 4.79 Å². The van der Waals surface area contributed by atoms with Crippen molar-refractivity contribution in [2.75, 3.05) is 11.9 Å². The van der Waals surface area contributed by atoms with Gasteiger partial charge in [0.1, 0.15) is 0 Å². The molecule has 0 saturated carbocycles. The van der Waals surface area contributed by atoms with Gasteiger partial charge < -0.3 is 10.6 Å². The average molecular weight is 248 g/mol. The molecule has 0 saturated heterocycles. The lowest BCUT2D eigenvalue weighted by molar-refractivity contribution is -0.115. The van der Waals surface area contributed by atoms with Crippen LogP contribution in [-0.4, -0.2) is 18.5 Å². The first-order valence-electron chi connectivity index (χ1n) is 6.81. The molecule has 0 aliphatic rings. The number of nitrogens with one attached hydrogen (secondary N) is 2. The monoisotopic (exact) mass is 248 g/mol. The highest BCUT2D eigenvalue weighted by Gasteiger charge is 2.06. The van der Waals surface area contributed by atoms with Crippen molar-refractivity contribution in [1.29, 1.82) is 0 Å². The minimum absolute atomic E-state index is 0.0573. The molecule has 1 aromatic rings. The average Bonchev–Trinajstić information content (AvgIpc) is 2.40. The topological polar surface area (TPSA) is 41.1 Å². The number of rotatable bonds is 7. The van der Waals surface area contributed by atoms with Crippen LogP contribution in [0.5, 0.6) is 0 Å². The van der Waals surface area contributed by atoms with Crippen LogP contribution in [0, 0.1) is 0 Å². The number of benzene rings is 1. The molecular weight excluding hydrogens is 224 g/mol. The van der Waals surface area contributed by atoms with Gasteiger partial charge >= 0.3 is 0 Å². The molecule has 0 aromatic heterocycles. The van der Waals surface area contributed by atoms with E-state index in [4.69, 9.17) is 0 Å². The molecule has 100 valence electrons. The van der Waals surface area contributed by atoms with E-state index in [-0.39, 0.29) is 5.91 Å². The molecule has 0 spiro atoms. The maximum Gasteiger partial charge on any atom is 0.224 e. The molecule has 3 heteroatoms. The molecule has 1 unspecified atom stereocenters. The highest BCUT2D eigenvalue weighted by Crippen LogP contribution is 2.12. The molecule has 1 atom stereocenters. The number of hydrogen-bond donors (Lipinski definition) is 2. The number of carbonyl (C=O) groups excluding carboxylic acids is 1. The standard InChI is InChI=1S/C15H24N2O/c1-4-13(16-6-3)11-12-7-9-14(10-8-12)17-15(18)5-2/h7-10,13,16H,4-6,11H2,1-3H3,(H,17,18). The summed E-state index contributed by atoms with van der Waals surface area (Å²) in [6.45, 7) is 7.18. The summed E-state index contributed by atoms with van der Waals surface area (Å²) in [5.41, 5.74) is 2.18. The van der Waals surface area contributed by atoms with E-state index in [1.165, 1.54) is 5.56 Å². The molecule has 0 bridgehead atoms. The van der Waals surface area contributed by atoms with Crippen LogP contribution < -0.4 is 10.6 Å². The zero-order chi connectivity index (χ0) is 13.4. The van der Waals surface area contributed by atoms with Gasteiger partial charge in [-0.15, -0.1) is 0 Å². The normalized spacial score (nSPS) is 12.2. The first-order chi connectivity index (χ1) is 8.69. The molecule has 18 heavy (non-hydrogen) atoms. The fourth-order valence-electron chi connectivity index (χ4n) is 1.91. The van der Waals surface area contributed by atoms with Crippen LogP contribution in [0.2, 0.25) is 0 Å². The molecule has 1 amide bonds. The Morgan fingerprint density at radius 2 is 1.83 bits per heavy atom. The van der Waals surface area contributed by atoms with Crippen molar-refractivity contribution in [3.63, 3.8) is 0 Å². The fraction of sp³-hybridized carbons (Fsp3) is 0.533. The van der Waals surface area contributed by atoms with Crippen molar-refractivity contribution in [3.05, 3.63) is 29.8 Å². The maximum atomic E-state index is 11.3. The Bertz CT molecular complexity index is 359. The summed E-state index contributed by atoms with van der Waals surface area (Å²) in [4.78, 5) is 11.3. The summed E-state index contributed by atoms with van der Waals surface area (Å²) < 4.78 is 0. The van der Waals surface area contributed by atoms with Gasteiger partial charge in [0.15, 0.2) is 0 Å². The quantitative estimate of drug-likeness (QED) is 0.779. The van der Waals surface area contributed by atoms with Crippen LogP contribution in [0.1, 0.15) is 39.2 Å². The van der Waals surface area contributed by atoms with E-state index in [0.717, 1.165) is 25.1 Å². The fourth-order valence-corrected chi connectivity index (χ4v) is 1.91. The summed E-state index contributed by atoms with van der Waals surface area (Å²) >= 11 is 0. The van der Waals surface area contributed by atoms with Crippen LogP contribution in [0.4, 0.5) is 5.69 Å². The molecule has 0 heterocycles. The molecule has 3 nitrogen and oxygen atoms in total. The highest BCUT2D eigenvalue weighted by atomic mass is 16.1. The zero-order valence-electron chi connectivity index (χ0n) is 11.6. The third-order valence-electron chi connectivity index (χ3n) is 3.03. The molecule has 1 aromatic carbocycles. The Labute approximate surface area is 110 Å². The Balaban J connectivity index is 2.56. The van der Waals surface area contributed by atoms with E-state index in [1.54, 1.807) is 0 Å². The lowest BCUT2D eigenvalue weighted by Gasteiger charge is -2.16. The van der Waals surface area contributed by atoms with Crippen LogP contribution in [-0.2, 0) is 11.2 Å². The third-order valence-corrected chi connectivity index (χ3v) is 3.03. The summed E-state index contributed by atoms with van der Waals surface area (Å²) in [7, 11) is 0. The minimum atomic E-state index is 0.0573. The predicted octanol–water partition coefficient (Wildman–Crippen LogP) is 2.97. The molecule has 0 radical (unpaired) electrons. The highest BCUT2D eigenvalue weighted by molar-refractivity contribution is 5.90. The molecule has 2 N–H and O–H groups in total. The van der Waals surface area contributed by atoms with Gasteiger partial charge in [0, 0.05) is 18.2 Å². The summed E-state index contributed by atoms with van der Waals surface area (Å²) in [6, 6.07) is 8.66. The van der Waals surface area contributed by atoms with Crippen LogP contribution in [0.3, 0.4) is 0 Å². The lowest BCUT2D eigenvalue weighted by atomic mass is 10.0. The van der Waals surface area contributed by atoms with E-state index in [2.05, 4.69) is 36.6 Å². The van der Waals surface area contributed by atoms with E-state index < -0.39 is 0 Å². The summed E-state index contributed by atoms with van der Waals surface area (Å²) in [6.07, 6.45) is 2.68. The Hall–Kier alpha value is -1.35. The van der Waals surface area contributed by atoms with Gasteiger partial charge in [-0.2, -0.15) is 0 Å². The van der Waals surface area contributed by atoms with Gasteiger partial charge in [0.2, 0.25) is 5.91 Å². The van der Waals surface area contributed by atoms with Gasteiger partial charge in [-0.3, -0.25) is 4.79 Å². The number of likely N-dealkylation sites (N-methyl/N-ethyl adjacent to an activating group) is 1. The van der Waals surface area contributed by atoms with Gasteiger partial charge in [0.25, 0.3) is 0 Å². The lowest BCUT2D eigenvalue weighted by Crippen LogP contribution is -2.30. The minimum Gasteiger partial charge on any atom is -0.326 e. The van der Waals surface area contributed by atoms with Gasteiger partial charge in [-0.05, 0) is 37.1 Å². The molecule has 0 aliphatic carbocycles. The van der Waals surface area contributed by atoms with E-state index in [1.807, 2.05) is 19.1 Å². The molecule has 1 rings (SSSR count). The van der Waals surface area contributed by atoms with Crippen molar-refractivity contribution in [1.82, 2.24) is 5.32 Å². The number of anilines is 1. The smallest absolute Gasteiger partial charge is 0.224 e. The van der Waals surface area contributed by atoms with Crippen molar-refractivity contribution >= 4 is 11.6 Å². The molecule has 0 aliphatic heterocycles. The van der Waals surface area contributed by atoms with E-state index in [0.29, 0.717) is 12.5 Å². The van der Waals surface area contributed by atoms with Crippen molar-refractivity contribution in [3.8, 4) is 0 Å². The largest absolute Gasteiger partial charge is 0.326 e. The molecular formula is C15H24N2O. The van der Waals surface area contributed by atoms with E-state index >= 15 is 0 Å². The van der Waals surface area contributed by atoms with Crippen molar-refractivity contribution in [2.45, 2.75) is 46.1 Å². The Morgan fingerprint density at radius 1 is 1.17 bits per heavy atom. The van der Waals surface area contributed by atoms with Crippen LogP contribution >= 0.6 is 0 Å². The predicted molar refractivity (Wildman–Crippen MR) is 76.8 cm³/mol. The second-order valence-corrected chi connectivity index (χ2v) is 4.47. The molecule has 0 fully saturated rings. The Morgan fingerprint density at radius 3 is 2.33 bits per heavy atom. The van der Waals surface area contributed by atoms with Gasteiger partial charge in [-0.25, -0.2) is 0 Å². The zero-order valence-corrected chi connectivity index (χ0v) is 11.6. The second-order valence-electron chi connectivity index (χ2n) is 4.47. The van der Waals surface area contributed by atoms with Gasteiger partial charge in [0.05, 0.1) is 0 Å². The number of amides is 1. The SMILES string of the molecule is CCNC(CC)Cc1ccc(NC(=O)CC)cc1. The first-order valence-corrected chi connectivity index (χ1v) is 6.81. The first kappa shape index (κ1) is 14.7. The van der Waals surface area contributed by atoms with Crippen LogP contribution in [0.25, 0.3) is 0 Å². The van der Waals surface area contributed by atoms with E-state index in [9.17, 15) is 4.79 Å². The van der Waals surface area contributed by atoms with Crippen molar-refractivity contribution in [2.24, 2.45) is 0 Å². The number of carbonyl (C=O) groups is 1. The van der Waals surface area contributed by atoms with Gasteiger partial charge in [-0.1, -0.05) is 32.9 Å². The summed E-state index contributed by atoms with van der Waals surface area (Å²) in [5.74, 6) is 0.0573. The maximum absolute atomic E-state index is 11.3. The number of hydrogen-bond acceptors (Lipinski definition) is 2. The summed E-state index contributed by atoms with van der Waals surface area (Å²) in [5, 5.41) is 6.32. The van der Waals surface area contributed by atoms with Crippen LogP contribution in [0.15, 0.2) is 24.3 Å². The second kappa shape index (κ2) is 7.88.